The average molecular weight is 451 g/mol. The van der Waals surface area contributed by atoms with Crippen LogP contribution in [0.1, 0.15) is 71.6 Å². The van der Waals surface area contributed by atoms with Crippen LogP contribution in [0.5, 0.6) is 0 Å². The Labute approximate surface area is 185 Å². The van der Waals surface area contributed by atoms with Gasteiger partial charge < -0.3 is 39.4 Å². The lowest BCUT2D eigenvalue weighted by Crippen LogP contribution is -2.59. The zero-order chi connectivity index (χ0) is 23.1. The fraction of sp³-hybridized carbons (Fsp3) is 0.955. The molecule has 4 N–H and O–H groups in total. The summed E-state index contributed by atoms with van der Waals surface area (Å²) in [6.45, 7) is 3.51. The minimum Gasteiger partial charge on any atom is -0.458 e. The van der Waals surface area contributed by atoms with Crippen molar-refractivity contribution >= 4 is 5.97 Å². The molecule has 0 aliphatic carbocycles. The number of carbonyl (C=O) groups excluding carboxylic acids is 1. The van der Waals surface area contributed by atoms with Gasteiger partial charge in [0.05, 0.1) is 19.8 Å². The van der Waals surface area contributed by atoms with Gasteiger partial charge in [0, 0.05) is 13.5 Å². The molecule has 0 aromatic rings. The van der Waals surface area contributed by atoms with Crippen molar-refractivity contribution in [2.75, 3.05) is 26.4 Å². The average Bonchev–Trinajstić information content (AvgIpc) is 2.74. The van der Waals surface area contributed by atoms with E-state index >= 15 is 0 Å². The molecule has 1 saturated heterocycles. The number of aliphatic hydroxyl groups excluding tert-OH is 4. The van der Waals surface area contributed by atoms with Crippen LogP contribution in [0.25, 0.3) is 0 Å². The Balaban J connectivity index is 2.25. The summed E-state index contributed by atoms with van der Waals surface area (Å²) in [5.41, 5.74) is 0. The maximum atomic E-state index is 11.3. The third-order valence-corrected chi connectivity index (χ3v) is 5.32. The highest BCUT2D eigenvalue weighted by molar-refractivity contribution is 5.66. The SMILES string of the molecule is CCCCCCCCCCCOCC(COC1OC(CO)C(O)C(O)C1O)OC(C)=O. The van der Waals surface area contributed by atoms with Gasteiger partial charge >= 0.3 is 5.97 Å². The Hall–Kier alpha value is -0.810. The van der Waals surface area contributed by atoms with E-state index < -0.39 is 49.4 Å². The summed E-state index contributed by atoms with van der Waals surface area (Å²) in [6.07, 6.45) is 3.42. The first-order chi connectivity index (χ1) is 14.9. The molecule has 0 bridgehead atoms. The van der Waals surface area contributed by atoms with E-state index in [2.05, 4.69) is 6.92 Å². The van der Waals surface area contributed by atoms with E-state index in [1.807, 2.05) is 0 Å². The van der Waals surface area contributed by atoms with E-state index in [4.69, 9.17) is 18.9 Å². The lowest BCUT2D eigenvalue weighted by Gasteiger charge is -2.39. The first kappa shape index (κ1) is 28.2. The van der Waals surface area contributed by atoms with Crippen LogP contribution in [0.2, 0.25) is 0 Å². The van der Waals surface area contributed by atoms with Gasteiger partial charge in [-0.3, -0.25) is 4.79 Å². The molecule has 6 atom stereocenters. The molecule has 0 spiro atoms. The first-order valence-electron chi connectivity index (χ1n) is 11.6. The van der Waals surface area contributed by atoms with Crippen molar-refractivity contribution in [2.24, 2.45) is 0 Å². The summed E-state index contributed by atoms with van der Waals surface area (Å²) >= 11 is 0. The maximum absolute atomic E-state index is 11.3. The van der Waals surface area contributed by atoms with Crippen LogP contribution >= 0.6 is 0 Å². The van der Waals surface area contributed by atoms with E-state index in [-0.39, 0.29) is 13.2 Å². The third-order valence-electron chi connectivity index (χ3n) is 5.32. The Bertz CT molecular complexity index is 460. The van der Waals surface area contributed by atoms with Gasteiger partial charge in [0.15, 0.2) is 6.29 Å². The van der Waals surface area contributed by atoms with Gasteiger partial charge in [-0.25, -0.2) is 0 Å². The van der Waals surface area contributed by atoms with Crippen molar-refractivity contribution in [2.45, 2.75) is 108 Å². The van der Waals surface area contributed by atoms with Gasteiger partial charge in [-0.05, 0) is 6.42 Å². The van der Waals surface area contributed by atoms with E-state index in [1.54, 1.807) is 0 Å². The van der Waals surface area contributed by atoms with Gasteiger partial charge in [0.1, 0.15) is 30.5 Å². The van der Waals surface area contributed by atoms with Crippen LogP contribution in [0.15, 0.2) is 0 Å². The standard InChI is InChI=1S/C22H42O9/c1-3-4-5-6-7-8-9-10-11-12-28-14-17(30-16(2)24)15-29-22-21(27)20(26)19(25)18(13-23)31-22/h17-23,25-27H,3-15H2,1-2H3. The highest BCUT2D eigenvalue weighted by atomic mass is 16.7. The van der Waals surface area contributed by atoms with Crippen molar-refractivity contribution in [1.82, 2.24) is 0 Å². The molecule has 0 radical (unpaired) electrons. The number of esters is 1. The Kier molecular flexibility index (Phi) is 15.3. The molecular weight excluding hydrogens is 408 g/mol. The summed E-state index contributed by atoms with van der Waals surface area (Å²) < 4.78 is 21.5. The highest BCUT2D eigenvalue weighted by Crippen LogP contribution is 2.22. The monoisotopic (exact) mass is 450 g/mol. The lowest BCUT2D eigenvalue weighted by atomic mass is 9.99. The lowest BCUT2D eigenvalue weighted by molar-refractivity contribution is -0.305. The van der Waals surface area contributed by atoms with Crippen molar-refractivity contribution in [3.8, 4) is 0 Å². The smallest absolute Gasteiger partial charge is 0.303 e. The Morgan fingerprint density at radius 2 is 1.52 bits per heavy atom. The first-order valence-corrected chi connectivity index (χ1v) is 11.6. The van der Waals surface area contributed by atoms with Crippen LogP contribution in [0.3, 0.4) is 0 Å². The molecule has 1 aliphatic rings. The van der Waals surface area contributed by atoms with E-state index in [9.17, 15) is 25.2 Å². The van der Waals surface area contributed by atoms with Gasteiger partial charge in [0.25, 0.3) is 0 Å². The molecule has 6 unspecified atom stereocenters. The van der Waals surface area contributed by atoms with Crippen molar-refractivity contribution in [3.05, 3.63) is 0 Å². The van der Waals surface area contributed by atoms with Gasteiger partial charge in [0.2, 0.25) is 0 Å². The topological polar surface area (TPSA) is 135 Å². The fourth-order valence-electron chi connectivity index (χ4n) is 3.49. The summed E-state index contributed by atoms with van der Waals surface area (Å²) in [5.74, 6) is -0.492. The second kappa shape index (κ2) is 16.8. The molecule has 0 aromatic heterocycles. The summed E-state index contributed by atoms with van der Waals surface area (Å²) in [4.78, 5) is 11.3. The molecule has 184 valence electrons. The fourth-order valence-corrected chi connectivity index (χ4v) is 3.49. The molecule has 9 nitrogen and oxygen atoms in total. The second-order valence-electron chi connectivity index (χ2n) is 8.17. The van der Waals surface area contributed by atoms with Crippen molar-refractivity contribution in [3.63, 3.8) is 0 Å². The quantitative estimate of drug-likeness (QED) is 0.191. The number of rotatable bonds is 17. The van der Waals surface area contributed by atoms with E-state index in [1.165, 1.54) is 51.9 Å². The summed E-state index contributed by atoms with van der Waals surface area (Å²) in [6, 6.07) is 0. The van der Waals surface area contributed by atoms with Gasteiger partial charge in [-0.2, -0.15) is 0 Å². The van der Waals surface area contributed by atoms with Crippen LogP contribution in [-0.4, -0.2) is 89.6 Å². The Morgan fingerprint density at radius 1 is 0.903 bits per heavy atom. The third kappa shape index (κ3) is 11.6. The zero-order valence-corrected chi connectivity index (χ0v) is 19.0. The molecule has 1 heterocycles. The number of unbranched alkanes of at least 4 members (excludes halogenated alkanes) is 8. The van der Waals surface area contributed by atoms with Crippen LogP contribution in [0, 0.1) is 0 Å². The maximum Gasteiger partial charge on any atom is 0.303 e. The van der Waals surface area contributed by atoms with Crippen LogP contribution < -0.4 is 0 Å². The molecule has 1 fully saturated rings. The molecular formula is C22H42O9. The molecule has 1 aliphatic heterocycles. The highest BCUT2D eigenvalue weighted by Gasteiger charge is 2.44. The number of hydrogen-bond donors (Lipinski definition) is 4. The number of hydrogen-bond acceptors (Lipinski definition) is 9. The molecule has 0 saturated carbocycles. The van der Waals surface area contributed by atoms with Crippen molar-refractivity contribution < 1.29 is 44.2 Å². The van der Waals surface area contributed by atoms with E-state index in [0.29, 0.717) is 6.61 Å². The van der Waals surface area contributed by atoms with Gasteiger partial charge in [-0.1, -0.05) is 58.3 Å². The summed E-state index contributed by atoms with van der Waals surface area (Å²) in [5, 5.41) is 38.9. The summed E-state index contributed by atoms with van der Waals surface area (Å²) in [7, 11) is 0. The number of ether oxygens (including phenoxy) is 4. The molecule has 0 aromatic carbocycles. The minimum atomic E-state index is -1.52. The van der Waals surface area contributed by atoms with Crippen molar-refractivity contribution in [1.29, 1.82) is 0 Å². The number of carbonyl (C=O) groups is 1. The largest absolute Gasteiger partial charge is 0.458 e. The molecule has 0 amide bonds. The zero-order valence-electron chi connectivity index (χ0n) is 19.0. The normalized spacial score (nSPS) is 27.2. The van der Waals surface area contributed by atoms with Gasteiger partial charge in [-0.15, -0.1) is 0 Å². The van der Waals surface area contributed by atoms with E-state index in [0.717, 1.165) is 12.8 Å². The van der Waals surface area contributed by atoms with Crippen LogP contribution in [-0.2, 0) is 23.7 Å². The molecule has 1 rings (SSSR count). The predicted molar refractivity (Wildman–Crippen MR) is 113 cm³/mol. The molecule has 31 heavy (non-hydrogen) atoms. The molecule has 9 heteroatoms. The predicted octanol–water partition coefficient (Wildman–Crippen LogP) is 1.28. The Morgan fingerprint density at radius 3 is 2.10 bits per heavy atom. The number of aliphatic hydroxyl groups is 4. The second-order valence-corrected chi connectivity index (χ2v) is 8.17. The minimum absolute atomic E-state index is 0.125. The van der Waals surface area contributed by atoms with Crippen LogP contribution in [0.4, 0.5) is 0 Å².